The molecule has 0 aromatic carbocycles. The van der Waals surface area contributed by atoms with Gasteiger partial charge in [-0.1, -0.05) is 0 Å². The van der Waals surface area contributed by atoms with E-state index in [-0.39, 0.29) is 0 Å². The molecule has 0 saturated carbocycles. The fraction of sp³-hybridized carbons (Fsp3) is 0.167. The Labute approximate surface area is 103 Å². The van der Waals surface area contributed by atoms with Gasteiger partial charge < -0.3 is 9.14 Å². The second kappa shape index (κ2) is 3.85. The van der Waals surface area contributed by atoms with E-state index in [0.717, 1.165) is 27.8 Å². The lowest BCUT2D eigenvalue weighted by Gasteiger charge is -1.99. The Morgan fingerprint density at radius 1 is 1.29 bits per heavy atom. The predicted molar refractivity (Wildman–Crippen MR) is 67.6 cm³/mol. The van der Waals surface area contributed by atoms with E-state index in [1.54, 1.807) is 18.4 Å². The number of imidazole rings is 1. The number of methoxy groups -OCH3 is 1. The van der Waals surface area contributed by atoms with Crippen LogP contribution in [0, 0.1) is 6.92 Å². The molecule has 0 fully saturated rings. The molecule has 0 N–H and O–H groups in total. The van der Waals surface area contributed by atoms with Crippen LogP contribution in [-0.2, 0) is 0 Å². The van der Waals surface area contributed by atoms with Crippen LogP contribution in [0.3, 0.4) is 0 Å². The van der Waals surface area contributed by atoms with Gasteiger partial charge in [0.15, 0.2) is 11.4 Å². The van der Waals surface area contributed by atoms with Crippen molar-refractivity contribution in [2.75, 3.05) is 7.11 Å². The van der Waals surface area contributed by atoms with Crippen LogP contribution in [0.2, 0.25) is 0 Å². The first-order chi connectivity index (χ1) is 8.28. The summed E-state index contributed by atoms with van der Waals surface area (Å²) in [6.07, 6.45) is 3.92. The SMILES string of the molecule is COc1cccn2cc(-c3csc(C)n3)nc12. The Balaban J connectivity index is 2.19. The van der Waals surface area contributed by atoms with Crippen LogP contribution in [0.25, 0.3) is 17.0 Å². The molecule has 86 valence electrons. The third-order valence-corrected chi connectivity index (χ3v) is 3.32. The Kier molecular flexibility index (Phi) is 2.33. The average molecular weight is 245 g/mol. The zero-order valence-corrected chi connectivity index (χ0v) is 10.4. The Morgan fingerprint density at radius 3 is 2.88 bits per heavy atom. The molecule has 4 nitrogen and oxygen atoms in total. The topological polar surface area (TPSA) is 39.4 Å². The van der Waals surface area contributed by atoms with Crippen molar-refractivity contribution in [3.63, 3.8) is 0 Å². The molecule has 0 bridgehead atoms. The fourth-order valence-electron chi connectivity index (χ4n) is 1.75. The molecule has 3 heterocycles. The van der Waals surface area contributed by atoms with Crippen molar-refractivity contribution < 1.29 is 4.74 Å². The molecule has 0 amide bonds. The molecule has 3 aromatic heterocycles. The summed E-state index contributed by atoms with van der Waals surface area (Å²) in [5.41, 5.74) is 2.60. The number of aromatic nitrogens is 3. The van der Waals surface area contributed by atoms with Gasteiger partial charge in [0.2, 0.25) is 0 Å². The van der Waals surface area contributed by atoms with Gasteiger partial charge in [-0.05, 0) is 19.1 Å². The molecule has 3 aromatic rings. The molecular formula is C12H11N3OS. The van der Waals surface area contributed by atoms with Crippen LogP contribution in [0.1, 0.15) is 5.01 Å². The summed E-state index contributed by atoms with van der Waals surface area (Å²) in [7, 11) is 1.65. The summed E-state index contributed by atoms with van der Waals surface area (Å²) in [4.78, 5) is 8.98. The van der Waals surface area contributed by atoms with E-state index in [4.69, 9.17) is 4.74 Å². The number of pyridine rings is 1. The van der Waals surface area contributed by atoms with Gasteiger partial charge in [-0.2, -0.15) is 0 Å². The lowest BCUT2D eigenvalue weighted by Crippen LogP contribution is -1.88. The number of nitrogens with zero attached hydrogens (tertiary/aromatic N) is 3. The monoisotopic (exact) mass is 245 g/mol. The molecule has 0 aliphatic rings. The minimum Gasteiger partial charge on any atom is -0.493 e. The summed E-state index contributed by atoms with van der Waals surface area (Å²) < 4.78 is 7.23. The summed E-state index contributed by atoms with van der Waals surface area (Å²) in [6.45, 7) is 1.99. The van der Waals surface area contributed by atoms with Crippen molar-refractivity contribution in [1.82, 2.24) is 14.4 Å². The van der Waals surface area contributed by atoms with Crippen molar-refractivity contribution in [2.24, 2.45) is 0 Å². The van der Waals surface area contributed by atoms with Crippen molar-refractivity contribution >= 4 is 17.0 Å². The molecule has 0 unspecified atom stereocenters. The van der Waals surface area contributed by atoms with E-state index in [2.05, 4.69) is 9.97 Å². The molecule has 5 heteroatoms. The molecular weight excluding hydrogens is 234 g/mol. The molecule has 0 radical (unpaired) electrons. The van der Waals surface area contributed by atoms with Crippen molar-refractivity contribution in [3.8, 4) is 17.1 Å². The first-order valence-corrected chi connectivity index (χ1v) is 6.10. The van der Waals surface area contributed by atoms with E-state index in [1.165, 1.54) is 0 Å². The van der Waals surface area contributed by atoms with Gasteiger partial charge in [0, 0.05) is 17.8 Å². The number of thiazole rings is 1. The third-order valence-electron chi connectivity index (χ3n) is 2.55. The largest absolute Gasteiger partial charge is 0.493 e. The summed E-state index contributed by atoms with van der Waals surface area (Å²) in [5.74, 6) is 0.769. The van der Waals surface area contributed by atoms with Gasteiger partial charge in [-0.15, -0.1) is 11.3 Å². The smallest absolute Gasteiger partial charge is 0.180 e. The van der Waals surface area contributed by atoms with E-state index >= 15 is 0 Å². The minimum atomic E-state index is 0.769. The van der Waals surface area contributed by atoms with E-state index in [0.29, 0.717) is 0 Å². The zero-order chi connectivity index (χ0) is 11.8. The first kappa shape index (κ1) is 10.3. The van der Waals surface area contributed by atoms with Gasteiger partial charge >= 0.3 is 0 Å². The zero-order valence-electron chi connectivity index (χ0n) is 9.54. The molecule has 0 saturated heterocycles. The van der Waals surface area contributed by atoms with Crippen LogP contribution in [0.5, 0.6) is 5.75 Å². The maximum absolute atomic E-state index is 5.28. The highest BCUT2D eigenvalue weighted by molar-refractivity contribution is 7.09. The van der Waals surface area contributed by atoms with Gasteiger partial charge in [0.25, 0.3) is 0 Å². The standard InChI is InChI=1S/C12H11N3OS/c1-8-13-10(7-17-8)9-6-15-5-3-4-11(16-2)12(15)14-9/h3-7H,1-2H3. The van der Waals surface area contributed by atoms with Crippen LogP contribution < -0.4 is 4.74 Å². The number of fused-ring (bicyclic) bond motifs is 1. The Bertz CT molecular complexity index is 671. The number of hydrogen-bond acceptors (Lipinski definition) is 4. The molecule has 0 aliphatic carbocycles. The Hall–Kier alpha value is -1.88. The van der Waals surface area contributed by atoms with E-state index in [9.17, 15) is 0 Å². The second-order valence-electron chi connectivity index (χ2n) is 3.69. The van der Waals surface area contributed by atoms with Crippen LogP contribution in [-0.4, -0.2) is 21.5 Å². The van der Waals surface area contributed by atoms with Gasteiger partial charge in [0.1, 0.15) is 11.4 Å². The highest BCUT2D eigenvalue weighted by atomic mass is 32.1. The number of rotatable bonds is 2. The van der Waals surface area contributed by atoms with Gasteiger partial charge in [-0.3, -0.25) is 0 Å². The maximum Gasteiger partial charge on any atom is 0.180 e. The third kappa shape index (κ3) is 1.68. The maximum atomic E-state index is 5.28. The first-order valence-electron chi connectivity index (χ1n) is 5.22. The van der Waals surface area contributed by atoms with E-state index < -0.39 is 0 Å². The second-order valence-corrected chi connectivity index (χ2v) is 4.75. The normalized spacial score (nSPS) is 10.9. The van der Waals surface area contributed by atoms with Gasteiger partial charge in [-0.25, -0.2) is 9.97 Å². The fourth-order valence-corrected chi connectivity index (χ4v) is 2.36. The molecule has 3 rings (SSSR count). The minimum absolute atomic E-state index is 0.769. The lowest BCUT2D eigenvalue weighted by atomic mass is 10.4. The van der Waals surface area contributed by atoms with Crippen molar-refractivity contribution in [1.29, 1.82) is 0 Å². The predicted octanol–water partition coefficient (Wildman–Crippen LogP) is 2.77. The summed E-state index contributed by atoms with van der Waals surface area (Å²) >= 11 is 1.63. The average Bonchev–Trinajstić information content (AvgIpc) is 2.93. The van der Waals surface area contributed by atoms with E-state index in [1.807, 2.05) is 41.2 Å². The highest BCUT2D eigenvalue weighted by Gasteiger charge is 2.10. The summed E-state index contributed by atoms with van der Waals surface area (Å²) in [6, 6.07) is 3.84. The number of hydrogen-bond donors (Lipinski definition) is 0. The van der Waals surface area contributed by atoms with Crippen molar-refractivity contribution in [3.05, 3.63) is 34.9 Å². The quantitative estimate of drug-likeness (QED) is 0.697. The van der Waals surface area contributed by atoms with Gasteiger partial charge in [0.05, 0.1) is 12.1 Å². The molecule has 17 heavy (non-hydrogen) atoms. The lowest BCUT2D eigenvalue weighted by molar-refractivity contribution is 0.417. The number of aryl methyl sites for hydroxylation is 1. The van der Waals surface area contributed by atoms with Crippen LogP contribution in [0.4, 0.5) is 0 Å². The van der Waals surface area contributed by atoms with Crippen LogP contribution >= 0.6 is 11.3 Å². The summed E-state index contributed by atoms with van der Waals surface area (Å²) in [5, 5.41) is 3.06. The molecule has 0 aliphatic heterocycles. The van der Waals surface area contributed by atoms with Crippen LogP contribution in [0.15, 0.2) is 29.9 Å². The highest BCUT2D eigenvalue weighted by Crippen LogP contribution is 2.24. The molecule has 0 atom stereocenters. The number of ether oxygens (including phenoxy) is 1. The Morgan fingerprint density at radius 2 is 2.18 bits per heavy atom. The van der Waals surface area contributed by atoms with Crippen molar-refractivity contribution in [2.45, 2.75) is 6.92 Å². The molecule has 0 spiro atoms.